The highest BCUT2D eigenvalue weighted by Gasteiger charge is 2.29. The Labute approximate surface area is 218 Å². The summed E-state index contributed by atoms with van der Waals surface area (Å²) in [6.07, 6.45) is 3.44. The van der Waals surface area contributed by atoms with Crippen LogP contribution < -0.4 is 15.1 Å². The van der Waals surface area contributed by atoms with Crippen molar-refractivity contribution >= 4 is 39.1 Å². The fraction of sp³-hybridized carbons (Fsp3) is 0.536. The summed E-state index contributed by atoms with van der Waals surface area (Å²) in [5.41, 5.74) is 3.40. The zero-order chi connectivity index (χ0) is 25.6. The number of rotatable bonds is 3. The van der Waals surface area contributed by atoms with Gasteiger partial charge in [0.2, 0.25) is 0 Å². The van der Waals surface area contributed by atoms with Crippen LogP contribution in [0.4, 0.5) is 16.3 Å². The van der Waals surface area contributed by atoms with Crippen LogP contribution in [0.25, 0.3) is 21.6 Å². The second-order valence-electron chi connectivity index (χ2n) is 11.5. The second-order valence-corrected chi connectivity index (χ2v) is 12.6. The van der Waals surface area contributed by atoms with E-state index in [2.05, 4.69) is 46.3 Å². The number of nitrogens with one attached hydrogen (secondary N) is 1. The van der Waals surface area contributed by atoms with Gasteiger partial charge in [-0.2, -0.15) is 0 Å². The van der Waals surface area contributed by atoms with Gasteiger partial charge in [-0.3, -0.25) is 0 Å². The van der Waals surface area contributed by atoms with Gasteiger partial charge in [0, 0.05) is 61.9 Å². The molecule has 1 atom stereocenters. The van der Waals surface area contributed by atoms with E-state index in [1.54, 1.807) is 0 Å². The number of carbonyl (C=O) groups excluding carboxylic acids is 1. The molecule has 1 fully saturated rings. The van der Waals surface area contributed by atoms with Crippen LogP contribution in [-0.4, -0.2) is 66.7 Å². The molecule has 2 amide bonds. The average Bonchev–Trinajstić information content (AvgIpc) is 3.20. The van der Waals surface area contributed by atoms with Gasteiger partial charge in [-0.25, -0.2) is 14.8 Å². The van der Waals surface area contributed by atoms with Gasteiger partial charge in [-0.15, -0.1) is 11.3 Å². The Hall–Kier alpha value is -2.87. The molecule has 36 heavy (non-hydrogen) atoms. The molecule has 1 unspecified atom stereocenters. The Morgan fingerprint density at radius 2 is 1.78 bits per heavy atom. The van der Waals surface area contributed by atoms with Crippen molar-refractivity contribution in [1.82, 2.24) is 20.2 Å². The third kappa shape index (κ3) is 5.01. The number of thiophene rings is 1. The predicted molar refractivity (Wildman–Crippen MR) is 150 cm³/mol. The largest absolute Gasteiger partial charge is 0.378 e. The first kappa shape index (κ1) is 24.8. The molecular formula is C28H38N6OS. The molecule has 1 N–H and O–H groups in total. The van der Waals surface area contributed by atoms with Crippen molar-refractivity contribution in [3.05, 3.63) is 34.7 Å². The zero-order valence-corrected chi connectivity index (χ0v) is 23.2. The number of amides is 2. The molecule has 8 heteroatoms. The molecule has 0 saturated carbocycles. The van der Waals surface area contributed by atoms with Crippen LogP contribution in [0, 0.1) is 5.92 Å². The molecule has 0 bridgehead atoms. The molecule has 3 heterocycles. The van der Waals surface area contributed by atoms with Crippen LogP contribution in [0.5, 0.6) is 0 Å². The number of piperazine rings is 1. The summed E-state index contributed by atoms with van der Waals surface area (Å²) in [5.74, 6) is 2.53. The number of aryl methyl sites for hydroxylation is 1. The molecule has 0 spiro atoms. The van der Waals surface area contributed by atoms with Gasteiger partial charge in [0.1, 0.15) is 10.6 Å². The van der Waals surface area contributed by atoms with E-state index in [9.17, 15) is 4.79 Å². The number of hydrogen-bond donors (Lipinski definition) is 1. The van der Waals surface area contributed by atoms with E-state index >= 15 is 0 Å². The van der Waals surface area contributed by atoms with Gasteiger partial charge in [-0.05, 0) is 75.8 Å². The number of anilines is 2. The van der Waals surface area contributed by atoms with Gasteiger partial charge in [0.15, 0.2) is 5.82 Å². The van der Waals surface area contributed by atoms with Gasteiger partial charge in [-0.1, -0.05) is 6.92 Å². The minimum absolute atomic E-state index is 0.0126. The molecule has 7 nitrogen and oxygen atoms in total. The SMILES string of the molecule is CC1CCc2c(sc3nc(-c4ccc(N(C)C)cc4)nc(N4CCN(C(=O)NC(C)(C)C)CC4)c23)C1. The monoisotopic (exact) mass is 506 g/mol. The Morgan fingerprint density at radius 1 is 1.08 bits per heavy atom. The molecule has 1 aromatic carbocycles. The molecule has 3 aromatic rings. The lowest BCUT2D eigenvalue weighted by atomic mass is 9.89. The maximum atomic E-state index is 12.7. The number of urea groups is 1. The van der Waals surface area contributed by atoms with Gasteiger partial charge in [0.05, 0.1) is 5.39 Å². The second kappa shape index (κ2) is 9.54. The van der Waals surface area contributed by atoms with Crippen LogP contribution in [0.3, 0.4) is 0 Å². The summed E-state index contributed by atoms with van der Waals surface area (Å²) >= 11 is 1.85. The van der Waals surface area contributed by atoms with Crippen LogP contribution in [0.2, 0.25) is 0 Å². The number of benzene rings is 1. The number of nitrogens with zero attached hydrogens (tertiary/aromatic N) is 5. The van der Waals surface area contributed by atoms with E-state index in [4.69, 9.17) is 9.97 Å². The Balaban J connectivity index is 1.50. The van der Waals surface area contributed by atoms with Crippen LogP contribution in [-0.2, 0) is 12.8 Å². The van der Waals surface area contributed by atoms with E-state index in [0.717, 1.165) is 53.7 Å². The van der Waals surface area contributed by atoms with Crippen molar-refractivity contribution in [3.63, 3.8) is 0 Å². The standard InChI is InChI=1S/C28H38N6OS/c1-18-7-12-21-22(17-18)36-26-23(21)25(29-24(30-26)19-8-10-20(11-9-19)32(5)6)33-13-15-34(16-14-33)27(35)31-28(2,3)4/h8-11,18H,7,12-17H2,1-6H3,(H,31,35). The van der Waals surface area contributed by atoms with E-state index in [1.807, 2.05) is 51.1 Å². The molecule has 0 radical (unpaired) electrons. The summed E-state index contributed by atoms with van der Waals surface area (Å²) in [4.78, 5) is 32.0. The molecule has 1 saturated heterocycles. The lowest BCUT2D eigenvalue weighted by molar-refractivity contribution is 0.185. The van der Waals surface area contributed by atoms with Gasteiger partial charge >= 0.3 is 6.03 Å². The molecule has 1 aliphatic heterocycles. The van der Waals surface area contributed by atoms with Crippen molar-refractivity contribution in [2.75, 3.05) is 50.1 Å². The summed E-state index contributed by atoms with van der Waals surface area (Å²) in [6.45, 7) is 11.3. The fourth-order valence-electron chi connectivity index (χ4n) is 5.11. The maximum Gasteiger partial charge on any atom is 0.317 e. The number of hydrogen-bond acceptors (Lipinski definition) is 6. The summed E-state index contributed by atoms with van der Waals surface area (Å²) < 4.78 is 0. The van der Waals surface area contributed by atoms with Crippen LogP contribution in [0.1, 0.15) is 44.6 Å². The molecule has 5 rings (SSSR count). The van der Waals surface area contributed by atoms with E-state index < -0.39 is 0 Å². The average molecular weight is 507 g/mol. The number of aromatic nitrogens is 2. The van der Waals surface area contributed by atoms with E-state index in [1.165, 1.54) is 22.2 Å². The van der Waals surface area contributed by atoms with E-state index in [-0.39, 0.29) is 11.6 Å². The first-order chi connectivity index (χ1) is 17.1. The molecule has 192 valence electrons. The lowest BCUT2D eigenvalue weighted by Crippen LogP contribution is -2.55. The van der Waals surface area contributed by atoms with Gasteiger partial charge in [0.25, 0.3) is 0 Å². The van der Waals surface area contributed by atoms with Crippen LogP contribution >= 0.6 is 11.3 Å². The first-order valence-corrected chi connectivity index (χ1v) is 13.8. The Bertz CT molecular complexity index is 1250. The third-order valence-electron chi connectivity index (χ3n) is 7.13. The van der Waals surface area contributed by atoms with Crippen LogP contribution in [0.15, 0.2) is 24.3 Å². The minimum atomic E-state index is -0.239. The van der Waals surface area contributed by atoms with Gasteiger partial charge < -0.3 is 20.0 Å². The smallest absolute Gasteiger partial charge is 0.317 e. The Morgan fingerprint density at radius 3 is 2.42 bits per heavy atom. The Kier molecular flexibility index (Phi) is 6.57. The lowest BCUT2D eigenvalue weighted by Gasteiger charge is -2.37. The normalized spacial score (nSPS) is 18.3. The minimum Gasteiger partial charge on any atom is -0.378 e. The van der Waals surface area contributed by atoms with Crippen molar-refractivity contribution < 1.29 is 4.79 Å². The molecular weight excluding hydrogens is 468 g/mol. The quantitative estimate of drug-likeness (QED) is 0.530. The van der Waals surface area contributed by atoms with Crippen molar-refractivity contribution in [1.29, 1.82) is 0 Å². The van der Waals surface area contributed by atoms with Crippen molar-refractivity contribution in [2.45, 2.75) is 52.5 Å². The third-order valence-corrected chi connectivity index (χ3v) is 8.27. The molecule has 2 aliphatic rings. The maximum absolute atomic E-state index is 12.7. The number of fused-ring (bicyclic) bond motifs is 3. The summed E-state index contributed by atoms with van der Waals surface area (Å²) in [5, 5.41) is 4.34. The first-order valence-electron chi connectivity index (χ1n) is 13.0. The molecule has 2 aromatic heterocycles. The highest BCUT2D eigenvalue weighted by molar-refractivity contribution is 7.19. The predicted octanol–water partition coefficient (Wildman–Crippen LogP) is 5.18. The van der Waals surface area contributed by atoms with Crippen molar-refractivity contribution in [3.8, 4) is 11.4 Å². The summed E-state index contributed by atoms with van der Waals surface area (Å²) in [6, 6.07) is 8.49. The highest BCUT2D eigenvalue weighted by Crippen LogP contribution is 2.42. The number of carbonyl (C=O) groups is 1. The van der Waals surface area contributed by atoms with E-state index in [0.29, 0.717) is 19.0 Å². The zero-order valence-electron chi connectivity index (χ0n) is 22.4. The highest BCUT2D eigenvalue weighted by atomic mass is 32.1. The topological polar surface area (TPSA) is 64.6 Å². The molecule has 1 aliphatic carbocycles. The van der Waals surface area contributed by atoms with Crippen molar-refractivity contribution in [2.24, 2.45) is 5.92 Å². The summed E-state index contributed by atoms with van der Waals surface area (Å²) in [7, 11) is 4.10. The fourth-order valence-corrected chi connectivity index (χ4v) is 6.49.